The van der Waals surface area contributed by atoms with Gasteiger partial charge in [0, 0.05) is 5.69 Å². The van der Waals surface area contributed by atoms with E-state index in [1.807, 2.05) is 0 Å². The van der Waals surface area contributed by atoms with Gasteiger partial charge in [-0.2, -0.15) is 0 Å². The van der Waals surface area contributed by atoms with Gasteiger partial charge in [0.05, 0.1) is 26.2 Å². The largest absolute Gasteiger partial charge is 0.466 e. The molecule has 0 aliphatic carbocycles. The number of anilines is 1. The van der Waals surface area contributed by atoms with Gasteiger partial charge in [0.1, 0.15) is 11.7 Å². The second-order valence-electron chi connectivity index (χ2n) is 6.30. The minimum Gasteiger partial charge on any atom is -0.466 e. The highest BCUT2D eigenvalue weighted by atomic mass is 19.1. The first-order valence-corrected chi connectivity index (χ1v) is 8.80. The lowest BCUT2D eigenvalue weighted by molar-refractivity contribution is -0.899. The SMILES string of the molecule is CCOC(=O)[C@@H]1CCC[NH+](CC(=O)NCC(=O)Nc2ccc(F)cc2)C1. The molecule has 3 N–H and O–H groups in total. The molecule has 0 bridgehead atoms. The van der Waals surface area contributed by atoms with Crippen LogP contribution in [0.15, 0.2) is 24.3 Å². The third-order valence-corrected chi connectivity index (χ3v) is 4.22. The van der Waals surface area contributed by atoms with Crippen LogP contribution in [-0.2, 0) is 19.1 Å². The molecule has 1 aromatic rings. The first-order valence-electron chi connectivity index (χ1n) is 8.80. The molecule has 0 saturated carbocycles. The van der Waals surface area contributed by atoms with Gasteiger partial charge >= 0.3 is 5.97 Å². The summed E-state index contributed by atoms with van der Waals surface area (Å²) in [6.07, 6.45) is 1.64. The highest BCUT2D eigenvalue weighted by Gasteiger charge is 2.30. The minimum absolute atomic E-state index is 0.162. The Morgan fingerprint density at radius 2 is 1.96 bits per heavy atom. The second-order valence-corrected chi connectivity index (χ2v) is 6.30. The van der Waals surface area contributed by atoms with E-state index in [-0.39, 0.29) is 42.6 Å². The molecule has 2 rings (SSSR count). The van der Waals surface area contributed by atoms with Crippen molar-refractivity contribution < 1.29 is 28.4 Å². The lowest BCUT2D eigenvalue weighted by atomic mass is 9.98. The predicted octanol–water partition coefficient (Wildman–Crippen LogP) is -0.262. The molecule has 0 spiro atoms. The Hall–Kier alpha value is -2.48. The molecule has 1 aliphatic rings. The van der Waals surface area contributed by atoms with E-state index in [9.17, 15) is 18.8 Å². The van der Waals surface area contributed by atoms with Crippen LogP contribution in [0, 0.1) is 11.7 Å². The molecule has 2 amide bonds. The van der Waals surface area contributed by atoms with Crippen LogP contribution in [0.1, 0.15) is 19.8 Å². The molecular weight excluding hydrogens is 341 g/mol. The highest BCUT2D eigenvalue weighted by molar-refractivity contribution is 5.94. The number of carbonyl (C=O) groups is 3. The quantitative estimate of drug-likeness (QED) is 0.580. The number of hydrogen-bond acceptors (Lipinski definition) is 4. The Morgan fingerprint density at radius 3 is 2.65 bits per heavy atom. The standard InChI is InChI=1S/C18H24FN3O4/c1-2-26-18(25)13-4-3-9-22(11-13)12-17(24)20-10-16(23)21-15-7-5-14(19)6-8-15/h5-8,13H,2-4,9-12H2,1H3,(H,20,24)(H,21,23)/p+1/t13-/m1/s1. The number of hydrogen-bond donors (Lipinski definition) is 3. The van der Waals surface area contributed by atoms with E-state index >= 15 is 0 Å². The van der Waals surface area contributed by atoms with E-state index in [1.165, 1.54) is 24.3 Å². The number of carbonyl (C=O) groups excluding carboxylic acids is 3. The van der Waals surface area contributed by atoms with Crippen LogP contribution in [0.5, 0.6) is 0 Å². The summed E-state index contributed by atoms with van der Waals surface area (Å²) in [6.45, 7) is 3.55. The molecule has 8 heteroatoms. The van der Waals surface area contributed by atoms with Crippen molar-refractivity contribution in [3.05, 3.63) is 30.1 Å². The lowest BCUT2D eigenvalue weighted by Gasteiger charge is -2.28. The zero-order chi connectivity index (χ0) is 18.9. The van der Waals surface area contributed by atoms with Crippen LogP contribution >= 0.6 is 0 Å². The summed E-state index contributed by atoms with van der Waals surface area (Å²) in [5.74, 6) is -1.40. The number of ether oxygens (including phenoxy) is 1. The third kappa shape index (κ3) is 6.44. The van der Waals surface area contributed by atoms with Crippen LogP contribution in [0.4, 0.5) is 10.1 Å². The summed E-state index contributed by atoms with van der Waals surface area (Å²) in [5, 5.41) is 5.14. The van der Waals surface area contributed by atoms with Gasteiger partial charge in [-0.05, 0) is 44.0 Å². The van der Waals surface area contributed by atoms with Crippen molar-refractivity contribution >= 4 is 23.5 Å². The highest BCUT2D eigenvalue weighted by Crippen LogP contribution is 2.09. The number of halogens is 1. The van der Waals surface area contributed by atoms with Crippen molar-refractivity contribution in [1.29, 1.82) is 0 Å². The van der Waals surface area contributed by atoms with Crippen LogP contribution in [-0.4, -0.2) is 50.6 Å². The molecule has 1 aliphatic heterocycles. The van der Waals surface area contributed by atoms with Gasteiger partial charge < -0.3 is 20.3 Å². The molecule has 0 aromatic heterocycles. The van der Waals surface area contributed by atoms with E-state index in [4.69, 9.17) is 4.74 Å². The minimum atomic E-state index is -0.387. The zero-order valence-corrected chi connectivity index (χ0v) is 14.8. The predicted molar refractivity (Wildman–Crippen MR) is 93.0 cm³/mol. The molecule has 2 atom stereocenters. The summed E-state index contributed by atoms with van der Waals surface area (Å²) in [7, 11) is 0. The van der Waals surface area contributed by atoms with Gasteiger partial charge in [-0.1, -0.05) is 0 Å². The molecule has 1 unspecified atom stereocenters. The number of esters is 1. The van der Waals surface area contributed by atoms with Crippen molar-refractivity contribution in [2.24, 2.45) is 5.92 Å². The average molecular weight is 366 g/mol. The molecule has 1 heterocycles. The first kappa shape index (κ1) is 19.8. The fraction of sp³-hybridized carbons (Fsp3) is 0.500. The van der Waals surface area contributed by atoms with Crippen molar-refractivity contribution in [3.63, 3.8) is 0 Å². The molecule has 7 nitrogen and oxygen atoms in total. The smallest absolute Gasteiger partial charge is 0.314 e. The molecular formula is C18H25FN3O4+. The molecule has 1 fully saturated rings. The number of amides is 2. The Balaban J connectivity index is 1.71. The molecule has 1 aromatic carbocycles. The topological polar surface area (TPSA) is 88.9 Å². The maximum absolute atomic E-state index is 12.8. The van der Waals surface area contributed by atoms with Gasteiger partial charge in [0.15, 0.2) is 6.54 Å². The number of likely N-dealkylation sites (tertiary alicyclic amines) is 1. The van der Waals surface area contributed by atoms with Crippen molar-refractivity contribution in [3.8, 4) is 0 Å². The fourth-order valence-electron chi connectivity index (χ4n) is 2.98. The van der Waals surface area contributed by atoms with E-state index in [0.717, 1.165) is 24.3 Å². The van der Waals surface area contributed by atoms with Crippen LogP contribution < -0.4 is 15.5 Å². The third-order valence-electron chi connectivity index (χ3n) is 4.22. The van der Waals surface area contributed by atoms with E-state index in [0.29, 0.717) is 18.8 Å². The van der Waals surface area contributed by atoms with E-state index in [1.54, 1.807) is 6.92 Å². The van der Waals surface area contributed by atoms with E-state index in [2.05, 4.69) is 10.6 Å². The summed E-state index contributed by atoms with van der Waals surface area (Å²) < 4.78 is 17.9. The van der Waals surface area contributed by atoms with Crippen molar-refractivity contribution in [2.75, 3.05) is 38.1 Å². The molecule has 1 saturated heterocycles. The molecule has 26 heavy (non-hydrogen) atoms. The average Bonchev–Trinajstić information content (AvgIpc) is 2.62. The second kappa shape index (κ2) is 9.86. The summed E-state index contributed by atoms with van der Waals surface area (Å²) in [6, 6.07) is 5.38. The Bertz CT molecular complexity index is 636. The zero-order valence-electron chi connectivity index (χ0n) is 14.8. The lowest BCUT2D eigenvalue weighted by Crippen LogP contribution is -3.14. The number of benzene rings is 1. The van der Waals surface area contributed by atoms with Crippen LogP contribution in [0.3, 0.4) is 0 Å². The fourth-order valence-corrected chi connectivity index (χ4v) is 2.98. The van der Waals surface area contributed by atoms with Gasteiger partial charge in [-0.3, -0.25) is 14.4 Å². The Morgan fingerprint density at radius 1 is 1.23 bits per heavy atom. The van der Waals surface area contributed by atoms with Crippen LogP contribution in [0.2, 0.25) is 0 Å². The normalized spacial score (nSPS) is 19.5. The maximum atomic E-state index is 12.8. The number of nitrogens with one attached hydrogen (secondary N) is 3. The van der Waals surface area contributed by atoms with Gasteiger partial charge in [-0.25, -0.2) is 4.39 Å². The maximum Gasteiger partial charge on any atom is 0.314 e. The first-order chi connectivity index (χ1) is 12.5. The van der Waals surface area contributed by atoms with Crippen molar-refractivity contribution in [1.82, 2.24) is 5.32 Å². The Labute approximate surface area is 151 Å². The Kier molecular flexibility index (Phi) is 7.53. The monoisotopic (exact) mass is 366 g/mol. The molecule has 142 valence electrons. The van der Waals surface area contributed by atoms with Gasteiger partial charge in [0.25, 0.3) is 5.91 Å². The van der Waals surface area contributed by atoms with Crippen molar-refractivity contribution in [2.45, 2.75) is 19.8 Å². The van der Waals surface area contributed by atoms with Gasteiger partial charge in [0.2, 0.25) is 5.91 Å². The van der Waals surface area contributed by atoms with Gasteiger partial charge in [-0.15, -0.1) is 0 Å². The summed E-state index contributed by atoms with van der Waals surface area (Å²) >= 11 is 0. The number of quaternary nitrogens is 1. The molecule has 0 radical (unpaired) electrons. The van der Waals surface area contributed by atoms with E-state index < -0.39 is 0 Å². The number of piperidine rings is 1. The summed E-state index contributed by atoms with van der Waals surface area (Å²) in [5.41, 5.74) is 0.463. The summed E-state index contributed by atoms with van der Waals surface area (Å²) in [4.78, 5) is 36.7. The van der Waals surface area contributed by atoms with Crippen LogP contribution in [0.25, 0.3) is 0 Å². The number of rotatable bonds is 7.